The van der Waals surface area contributed by atoms with Crippen LogP contribution in [-0.4, -0.2) is 49.7 Å². The van der Waals surface area contributed by atoms with Gasteiger partial charge in [-0.2, -0.15) is 0 Å². The van der Waals surface area contributed by atoms with Crippen LogP contribution in [0.4, 0.5) is 0 Å². The second kappa shape index (κ2) is 6.53. The van der Waals surface area contributed by atoms with Crippen molar-refractivity contribution < 1.29 is 9.53 Å². The van der Waals surface area contributed by atoms with Crippen molar-refractivity contribution >= 4 is 5.97 Å². The molecule has 1 aliphatic heterocycles. The highest BCUT2D eigenvalue weighted by Gasteiger charge is 2.37. The number of methoxy groups -OCH3 is 1. The van der Waals surface area contributed by atoms with Crippen LogP contribution in [0.2, 0.25) is 0 Å². The fraction of sp³-hybridized carbons (Fsp3) is 0.929. The molecule has 4 heteroatoms. The van der Waals surface area contributed by atoms with E-state index in [1.54, 1.807) is 0 Å². The number of likely N-dealkylation sites (tertiary alicyclic amines) is 1. The first-order valence-corrected chi connectivity index (χ1v) is 6.98. The lowest BCUT2D eigenvalue weighted by molar-refractivity contribution is -0.148. The lowest BCUT2D eigenvalue weighted by Gasteiger charge is -2.32. The quantitative estimate of drug-likeness (QED) is 0.731. The summed E-state index contributed by atoms with van der Waals surface area (Å²) >= 11 is 0. The molecule has 1 rings (SSSR count). The topological polar surface area (TPSA) is 41.6 Å². The third-order valence-corrected chi connectivity index (χ3v) is 3.99. The molecule has 1 N–H and O–H groups in total. The number of nitrogens with zero attached hydrogens (tertiary/aromatic N) is 1. The van der Waals surface area contributed by atoms with Crippen LogP contribution in [0.5, 0.6) is 0 Å². The Morgan fingerprint density at radius 1 is 1.56 bits per heavy atom. The number of rotatable bonds is 6. The monoisotopic (exact) mass is 256 g/mol. The molecular weight excluding hydrogens is 228 g/mol. The Kier molecular flexibility index (Phi) is 5.60. The highest BCUT2D eigenvalue weighted by atomic mass is 16.5. The Hall–Kier alpha value is -0.610. The molecule has 0 radical (unpaired) electrons. The molecule has 106 valence electrons. The molecule has 0 bridgehead atoms. The molecule has 0 amide bonds. The molecule has 0 aromatic carbocycles. The third-order valence-electron chi connectivity index (χ3n) is 3.99. The van der Waals surface area contributed by atoms with Gasteiger partial charge in [-0.15, -0.1) is 0 Å². The van der Waals surface area contributed by atoms with Gasteiger partial charge < -0.3 is 15.0 Å². The van der Waals surface area contributed by atoms with Gasteiger partial charge in [-0.05, 0) is 38.3 Å². The lowest BCUT2D eigenvalue weighted by atomic mass is 9.95. The van der Waals surface area contributed by atoms with Crippen LogP contribution in [0.15, 0.2) is 0 Å². The van der Waals surface area contributed by atoms with Crippen LogP contribution < -0.4 is 5.32 Å². The Balaban J connectivity index is 2.60. The zero-order valence-corrected chi connectivity index (χ0v) is 12.5. The summed E-state index contributed by atoms with van der Waals surface area (Å²) in [6.07, 6.45) is 1.24. The van der Waals surface area contributed by atoms with Crippen molar-refractivity contribution in [3.63, 3.8) is 0 Å². The number of nitrogens with one attached hydrogen (secondary N) is 1. The van der Waals surface area contributed by atoms with Gasteiger partial charge in [0.05, 0.1) is 7.11 Å². The van der Waals surface area contributed by atoms with Crippen molar-refractivity contribution in [2.24, 2.45) is 11.8 Å². The van der Waals surface area contributed by atoms with Crippen molar-refractivity contribution in [1.82, 2.24) is 10.2 Å². The van der Waals surface area contributed by atoms with E-state index in [2.05, 4.69) is 24.1 Å². The minimum Gasteiger partial charge on any atom is -0.468 e. The molecule has 2 atom stereocenters. The van der Waals surface area contributed by atoms with Gasteiger partial charge >= 0.3 is 5.97 Å². The number of hydrogen-bond acceptors (Lipinski definition) is 4. The molecule has 0 saturated carbocycles. The average molecular weight is 256 g/mol. The van der Waals surface area contributed by atoms with Gasteiger partial charge in [0.2, 0.25) is 0 Å². The summed E-state index contributed by atoms with van der Waals surface area (Å²) < 4.78 is 4.92. The van der Waals surface area contributed by atoms with Crippen LogP contribution >= 0.6 is 0 Å². The normalized spacial score (nSPS) is 24.2. The minimum atomic E-state index is -0.588. The van der Waals surface area contributed by atoms with Gasteiger partial charge in [-0.25, -0.2) is 0 Å². The van der Waals surface area contributed by atoms with Crippen LogP contribution in [0.3, 0.4) is 0 Å². The Bertz CT molecular complexity index is 281. The molecule has 18 heavy (non-hydrogen) atoms. The summed E-state index contributed by atoms with van der Waals surface area (Å²) in [5.41, 5.74) is -0.588. The van der Waals surface area contributed by atoms with Gasteiger partial charge in [-0.3, -0.25) is 4.79 Å². The fourth-order valence-electron chi connectivity index (χ4n) is 2.81. The summed E-state index contributed by atoms with van der Waals surface area (Å²) in [4.78, 5) is 14.3. The molecule has 0 aliphatic carbocycles. The Morgan fingerprint density at radius 3 is 2.67 bits per heavy atom. The van der Waals surface area contributed by atoms with Gasteiger partial charge in [0.1, 0.15) is 5.54 Å². The lowest BCUT2D eigenvalue weighted by Crippen LogP contribution is -2.57. The summed E-state index contributed by atoms with van der Waals surface area (Å²) in [6.45, 7) is 12.2. The summed E-state index contributed by atoms with van der Waals surface area (Å²) in [5.74, 6) is 1.31. The van der Waals surface area contributed by atoms with Crippen LogP contribution in [0, 0.1) is 11.8 Å². The van der Waals surface area contributed by atoms with E-state index in [-0.39, 0.29) is 5.97 Å². The van der Waals surface area contributed by atoms with Gasteiger partial charge in [-0.1, -0.05) is 20.8 Å². The summed E-state index contributed by atoms with van der Waals surface area (Å²) in [5, 5.41) is 3.26. The molecule has 0 spiro atoms. The predicted molar refractivity (Wildman–Crippen MR) is 73.5 cm³/mol. The van der Waals surface area contributed by atoms with Gasteiger partial charge in [0, 0.05) is 13.1 Å². The zero-order valence-electron chi connectivity index (χ0n) is 12.5. The number of carbonyl (C=O) groups excluding carboxylic acids is 1. The second-order valence-corrected chi connectivity index (χ2v) is 5.88. The smallest absolute Gasteiger partial charge is 0.327 e. The van der Waals surface area contributed by atoms with E-state index in [9.17, 15) is 4.79 Å². The SMILES string of the molecule is CCNC(C)(CN1CCC(C(C)C)C1)C(=O)OC. The molecule has 0 aromatic heterocycles. The van der Waals surface area contributed by atoms with Crippen molar-refractivity contribution in [2.75, 3.05) is 33.3 Å². The first-order chi connectivity index (χ1) is 8.42. The predicted octanol–water partition coefficient (Wildman–Crippen LogP) is 1.51. The van der Waals surface area contributed by atoms with Crippen LogP contribution in [0.25, 0.3) is 0 Å². The highest BCUT2D eigenvalue weighted by molar-refractivity contribution is 5.80. The first kappa shape index (κ1) is 15.4. The molecule has 0 aromatic rings. The molecular formula is C14H28N2O2. The van der Waals surface area contributed by atoms with Crippen LogP contribution in [0.1, 0.15) is 34.1 Å². The van der Waals surface area contributed by atoms with E-state index in [0.29, 0.717) is 0 Å². The molecule has 1 aliphatic rings. The van der Waals surface area contributed by atoms with Crippen molar-refractivity contribution in [2.45, 2.75) is 39.7 Å². The maximum Gasteiger partial charge on any atom is 0.327 e. The number of carbonyl (C=O) groups is 1. The summed E-state index contributed by atoms with van der Waals surface area (Å²) in [7, 11) is 1.46. The van der Waals surface area contributed by atoms with E-state index < -0.39 is 5.54 Å². The molecule has 4 nitrogen and oxygen atoms in total. The van der Waals surface area contributed by atoms with Crippen molar-refractivity contribution in [3.05, 3.63) is 0 Å². The van der Waals surface area contributed by atoms with Crippen LogP contribution in [-0.2, 0) is 9.53 Å². The number of hydrogen-bond donors (Lipinski definition) is 1. The maximum absolute atomic E-state index is 11.9. The summed E-state index contributed by atoms with van der Waals surface area (Å²) in [6, 6.07) is 0. The zero-order chi connectivity index (χ0) is 13.8. The largest absolute Gasteiger partial charge is 0.468 e. The molecule has 1 heterocycles. The average Bonchev–Trinajstić information content (AvgIpc) is 2.76. The number of esters is 1. The van der Waals surface area contributed by atoms with E-state index in [4.69, 9.17) is 4.74 Å². The fourth-order valence-corrected chi connectivity index (χ4v) is 2.81. The standard InChI is InChI=1S/C14H28N2O2/c1-6-15-14(4,13(17)18-5)10-16-8-7-12(9-16)11(2)3/h11-12,15H,6-10H2,1-5H3. The molecule has 1 saturated heterocycles. The third kappa shape index (κ3) is 3.69. The van der Waals surface area contributed by atoms with E-state index in [1.165, 1.54) is 13.5 Å². The van der Waals surface area contributed by atoms with E-state index in [1.807, 2.05) is 13.8 Å². The maximum atomic E-state index is 11.9. The Labute approximate surface area is 111 Å². The first-order valence-electron chi connectivity index (χ1n) is 6.98. The van der Waals surface area contributed by atoms with E-state index in [0.717, 1.165) is 38.0 Å². The van der Waals surface area contributed by atoms with Gasteiger partial charge in [0.15, 0.2) is 0 Å². The number of ether oxygens (including phenoxy) is 1. The van der Waals surface area contributed by atoms with Crippen molar-refractivity contribution in [3.8, 4) is 0 Å². The highest BCUT2D eigenvalue weighted by Crippen LogP contribution is 2.25. The van der Waals surface area contributed by atoms with Crippen molar-refractivity contribution in [1.29, 1.82) is 0 Å². The minimum absolute atomic E-state index is 0.169. The molecule has 1 fully saturated rings. The Morgan fingerprint density at radius 2 is 2.22 bits per heavy atom. The second-order valence-electron chi connectivity index (χ2n) is 5.88. The van der Waals surface area contributed by atoms with Gasteiger partial charge in [0.25, 0.3) is 0 Å². The van der Waals surface area contributed by atoms with E-state index >= 15 is 0 Å². The number of likely N-dealkylation sites (N-methyl/N-ethyl adjacent to an activating group) is 1. The molecule has 2 unspecified atom stereocenters.